The minimum absolute atomic E-state index is 0.0701. The lowest BCUT2D eigenvalue weighted by Gasteiger charge is -2.30. The number of benzene rings is 1. The number of nitrogens with zero attached hydrogens (tertiary/aromatic N) is 2. The molecule has 0 unspecified atom stereocenters. The third-order valence-electron chi connectivity index (χ3n) is 4.52. The molecule has 1 saturated heterocycles. The number of alkyl halides is 3. The van der Waals surface area contributed by atoms with Gasteiger partial charge in [0.05, 0.1) is 5.69 Å². The summed E-state index contributed by atoms with van der Waals surface area (Å²) in [5, 5.41) is 0. The van der Waals surface area contributed by atoms with Gasteiger partial charge < -0.3 is 9.64 Å². The van der Waals surface area contributed by atoms with E-state index < -0.39 is 6.36 Å². The number of ether oxygens (including phenoxy) is 1. The van der Waals surface area contributed by atoms with Gasteiger partial charge in [0, 0.05) is 23.7 Å². The maximum Gasteiger partial charge on any atom is 0.573 e. The first kappa shape index (κ1) is 20.5. The maximum atomic E-state index is 12.6. The van der Waals surface area contributed by atoms with Crippen molar-refractivity contribution in [1.29, 1.82) is 0 Å². The fourth-order valence-corrected chi connectivity index (χ4v) is 3.82. The van der Waals surface area contributed by atoms with Gasteiger partial charge in [-0.3, -0.25) is 4.79 Å². The predicted molar refractivity (Wildman–Crippen MR) is 101 cm³/mol. The SMILES string of the molecule is CC1CCN(C(=O)c2cccc(CSc3cccc(OC(F)(F)F)c3)n2)CC1. The molecule has 0 radical (unpaired) electrons. The van der Waals surface area contributed by atoms with E-state index in [0.717, 1.165) is 25.9 Å². The van der Waals surface area contributed by atoms with Crippen LogP contribution in [0.2, 0.25) is 0 Å². The van der Waals surface area contributed by atoms with Crippen LogP contribution in [0.15, 0.2) is 47.4 Å². The molecule has 0 bridgehead atoms. The Morgan fingerprint density at radius 3 is 2.64 bits per heavy atom. The Bertz CT molecular complexity index is 821. The molecule has 1 fully saturated rings. The van der Waals surface area contributed by atoms with E-state index in [9.17, 15) is 18.0 Å². The summed E-state index contributed by atoms with van der Waals surface area (Å²) >= 11 is 1.34. The number of rotatable bonds is 5. The number of piperidine rings is 1. The van der Waals surface area contributed by atoms with Crippen LogP contribution < -0.4 is 4.74 Å². The number of hydrogen-bond donors (Lipinski definition) is 0. The van der Waals surface area contributed by atoms with Crippen LogP contribution in [0.5, 0.6) is 5.75 Å². The lowest BCUT2D eigenvalue weighted by molar-refractivity contribution is -0.274. The molecule has 0 spiro atoms. The summed E-state index contributed by atoms with van der Waals surface area (Å²) in [4.78, 5) is 19.5. The minimum Gasteiger partial charge on any atom is -0.406 e. The summed E-state index contributed by atoms with van der Waals surface area (Å²) in [6, 6.07) is 11.1. The molecule has 1 aliphatic rings. The lowest BCUT2D eigenvalue weighted by Crippen LogP contribution is -2.38. The number of amides is 1. The minimum atomic E-state index is -4.72. The molecule has 28 heavy (non-hydrogen) atoms. The van der Waals surface area contributed by atoms with Gasteiger partial charge in [-0.25, -0.2) is 4.98 Å². The van der Waals surface area contributed by atoms with Gasteiger partial charge in [-0.15, -0.1) is 24.9 Å². The van der Waals surface area contributed by atoms with Gasteiger partial charge in [-0.1, -0.05) is 19.1 Å². The number of hydrogen-bond acceptors (Lipinski definition) is 4. The van der Waals surface area contributed by atoms with Gasteiger partial charge in [-0.2, -0.15) is 0 Å². The van der Waals surface area contributed by atoms with Crippen LogP contribution in [-0.2, 0) is 5.75 Å². The first-order valence-electron chi connectivity index (χ1n) is 9.04. The highest BCUT2D eigenvalue weighted by atomic mass is 32.2. The van der Waals surface area contributed by atoms with Crippen molar-refractivity contribution in [2.75, 3.05) is 13.1 Å². The molecule has 0 atom stereocenters. The number of carbonyl (C=O) groups excluding carboxylic acids is 1. The number of thioether (sulfide) groups is 1. The fourth-order valence-electron chi connectivity index (χ4n) is 2.97. The molecule has 8 heteroatoms. The molecule has 1 aromatic heterocycles. The predicted octanol–water partition coefficient (Wildman–Crippen LogP) is 5.14. The summed E-state index contributed by atoms with van der Waals surface area (Å²) < 4.78 is 41.0. The van der Waals surface area contributed by atoms with Gasteiger partial charge >= 0.3 is 6.36 Å². The Kier molecular flexibility index (Phi) is 6.49. The monoisotopic (exact) mass is 410 g/mol. The van der Waals surface area contributed by atoms with Crippen LogP contribution in [0.3, 0.4) is 0 Å². The number of pyridine rings is 1. The molecule has 2 aromatic rings. The maximum absolute atomic E-state index is 12.6. The van der Waals surface area contributed by atoms with Crippen LogP contribution in [0, 0.1) is 5.92 Å². The summed E-state index contributed by atoms with van der Waals surface area (Å²) in [6.07, 6.45) is -2.72. The molecule has 1 aliphatic heterocycles. The van der Waals surface area contributed by atoms with Crippen molar-refractivity contribution in [2.45, 2.75) is 36.8 Å². The molecule has 1 aromatic carbocycles. The van der Waals surface area contributed by atoms with Gasteiger partial charge in [0.25, 0.3) is 5.91 Å². The van der Waals surface area contributed by atoms with Gasteiger partial charge in [0.1, 0.15) is 11.4 Å². The van der Waals surface area contributed by atoms with Gasteiger partial charge in [-0.05, 0) is 49.1 Å². The average molecular weight is 410 g/mol. The average Bonchev–Trinajstić information content (AvgIpc) is 2.66. The van der Waals surface area contributed by atoms with E-state index in [1.165, 1.54) is 30.0 Å². The molecule has 1 amide bonds. The second-order valence-electron chi connectivity index (χ2n) is 6.80. The second-order valence-corrected chi connectivity index (χ2v) is 7.85. The highest BCUT2D eigenvalue weighted by Gasteiger charge is 2.31. The van der Waals surface area contributed by atoms with Crippen molar-refractivity contribution >= 4 is 17.7 Å². The number of carbonyl (C=O) groups is 1. The van der Waals surface area contributed by atoms with E-state index in [-0.39, 0.29) is 11.7 Å². The second kappa shape index (κ2) is 8.86. The first-order valence-corrected chi connectivity index (χ1v) is 10.0. The normalized spacial score (nSPS) is 15.5. The molecule has 150 valence electrons. The number of halogens is 3. The lowest BCUT2D eigenvalue weighted by atomic mass is 9.99. The van der Waals surface area contributed by atoms with Crippen LogP contribution in [0.4, 0.5) is 13.2 Å². The Hall–Kier alpha value is -2.22. The quantitative estimate of drug-likeness (QED) is 0.640. The van der Waals surface area contributed by atoms with Gasteiger partial charge in [0.15, 0.2) is 0 Å². The molecule has 0 saturated carbocycles. The van der Waals surface area contributed by atoms with Crippen LogP contribution >= 0.6 is 11.8 Å². The summed E-state index contributed by atoms with van der Waals surface area (Å²) in [7, 11) is 0. The third-order valence-corrected chi connectivity index (χ3v) is 5.55. The van der Waals surface area contributed by atoms with E-state index in [2.05, 4.69) is 16.6 Å². The van der Waals surface area contributed by atoms with Crippen molar-refractivity contribution in [3.05, 3.63) is 53.9 Å². The van der Waals surface area contributed by atoms with E-state index >= 15 is 0 Å². The zero-order valence-corrected chi connectivity index (χ0v) is 16.2. The fraction of sp³-hybridized carbons (Fsp3) is 0.400. The topological polar surface area (TPSA) is 42.4 Å². The Balaban J connectivity index is 1.62. The molecule has 4 nitrogen and oxygen atoms in total. The zero-order valence-electron chi connectivity index (χ0n) is 15.4. The largest absolute Gasteiger partial charge is 0.573 e. The van der Waals surface area contributed by atoms with Crippen molar-refractivity contribution in [3.63, 3.8) is 0 Å². The third kappa shape index (κ3) is 5.89. The van der Waals surface area contributed by atoms with Gasteiger partial charge in [0.2, 0.25) is 0 Å². The Labute approximate surface area is 166 Å². The highest BCUT2D eigenvalue weighted by molar-refractivity contribution is 7.98. The Morgan fingerprint density at radius 1 is 1.21 bits per heavy atom. The molecular weight excluding hydrogens is 389 g/mol. The van der Waals surface area contributed by atoms with Crippen molar-refractivity contribution < 1.29 is 22.7 Å². The standard InChI is InChI=1S/C20H21F3N2O2S/c1-14-8-10-25(11-9-14)19(26)18-7-2-4-15(24-18)13-28-17-6-3-5-16(12-17)27-20(21,22)23/h2-7,12,14H,8-11,13H2,1H3. The first-order chi connectivity index (χ1) is 13.3. The van der Waals surface area contributed by atoms with Crippen LogP contribution in [-0.4, -0.2) is 35.2 Å². The summed E-state index contributed by atoms with van der Waals surface area (Å²) in [5.41, 5.74) is 1.10. The Morgan fingerprint density at radius 2 is 1.93 bits per heavy atom. The van der Waals surface area contributed by atoms with Crippen LogP contribution in [0.25, 0.3) is 0 Å². The molecule has 0 aliphatic carbocycles. The molecule has 2 heterocycles. The zero-order chi connectivity index (χ0) is 20.1. The van der Waals surface area contributed by atoms with Crippen molar-refractivity contribution in [3.8, 4) is 5.75 Å². The van der Waals surface area contributed by atoms with Crippen LogP contribution in [0.1, 0.15) is 35.9 Å². The highest BCUT2D eigenvalue weighted by Crippen LogP contribution is 2.29. The van der Waals surface area contributed by atoms with E-state index in [1.54, 1.807) is 24.3 Å². The van der Waals surface area contributed by atoms with E-state index in [4.69, 9.17) is 0 Å². The smallest absolute Gasteiger partial charge is 0.406 e. The summed E-state index contributed by atoms with van der Waals surface area (Å²) in [6.45, 7) is 3.67. The number of aromatic nitrogens is 1. The molecule has 0 N–H and O–H groups in total. The van der Waals surface area contributed by atoms with E-state index in [0.29, 0.717) is 28.0 Å². The van der Waals surface area contributed by atoms with E-state index in [1.807, 2.05) is 4.90 Å². The van der Waals surface area contributed by atoms with Crippen molar-refractivity contribution in [2.24, 2.45) is 5.92 Å². The summed E-state index contributed by atoms with van der Waals surface area (Å²) in [5.74, 6) is 0.748. The van der Waals surface area contributed by atoms with Crippen molar-refractivity contribution in [1.82, 2.24) is 9.88 Å². The number of likely N-dealkylation sites (tertiary alicyclic amines) is 1. The molecule has 3 rings (SSSR count). The molecular formula is C20H21F3N2O2S.